The lowest BCUT2D eigenvalue weighted by Gasteiger charge is -2.44. The zero-order chi connectivity index (χ0) is 21.2. The third kappa shape index (κ3) is 4.66. The molecule has 0 amide bonds. The van der Waals surface area contributed by atoms with Gasteiger partial charge >= 0.3 is 0 Å². The SMILES string of the molecule is CCCC/C(=C\c1ccccc1)[Si](c1ccccc1)(c1ccccc1)N(CC)CC. The van der Waals surface area contributed by atoms with Crippen molar-refractivity contribution in [2.24, 2.45) is 0 Å². The van der Waals surface area contributed by atoms with E-state index in [1.807, 2.05) is 0 Å². The highest BCUT2D eigenvalue weighted by Crippen LogP contribution is 2.27. The van der Waals surface area contributed by atoms with E-state index in [0.29, 0.717) is 0 Å². The molecule has 0 saturated carbocycles. The molecular weight excluding hydrogens is 378 g/mol. The van der Waals surface area contributed by atoms with Gasteiger partial charge in [0, 0.05) is 0 Å². The molecule has 0 radical (unpaired) electrons. The molecule has 0 aromatic heterocycles. The molecule has 0 aliphatic rings. The summed E-state index contributed by atoms with van der Waals surface area (Å²) in [4.78, 5) is 0. The monoisotopic (exact) mass is 413 g/mol. The Balaban J connectivity index is 2.36. The number of benzene rings is 3. The molecule has 156 valence electrons. The molecule has 1 nitrogen and oxygen atoms in total. The maximum Gasteiger partial charge on any atom is 0.220 e. The van der Waals surface area contributed by atoms with Gasteiger partial charge in [0.1, 0.15) is 0 Å². The molecule has 0 unspecified atom stereocenters. The number of nitrogens with zero attached hydrogens (tertiary/aromatic N) is 1. The highest BCUT2D eigenvalue weighted by molar-refractivity contribution is 7.05. The van der Waals surface area contributed by atoms with Crippen LogP contribution in [0.4, 0.5) is 0 Å². The first-order chi connectivity index (χ1) is 14.8. The van der Waals surface area contributed by atoms with Crippen LogP contribution in [-0.4, -0.2) is 25.9 Å². The Morgan fingerprint density at radius 1 is 0.700 bits per heavy atom. The molecule has 0 saturated heterocycles. The lowest BCUT2D eigenvalue weighted by molar-refractivity contribution is 0.477. The molecule has 0 atom stereocenters. The fourth-order valence-corrected chi connectivity index (χ4v) is 10.1. The summed E-state index contributed by atoms with van der Waals surface area (Å²) < 4.78 is 2.77. The Labute approximate surface area is 184 Å². The lowest BCUT2D eigenvalue weighted by atomic mass is 10.1. The standard InChI is InChI=1S/C28H35NSi/c1-4-7-19-28(24-25-17-11-8-12-18-25)30(29(5-2)6-3,26-20-13-9-14-21-26)27-22-15-10-16-23-27/h8-18,20-24H,4-7,19H2,1-3H3/b28-24+. The van der Waals surface area contributed by atoms with E-state index in [9.17, 15) is 0 Å². The second-order valence-electron chi connectivity index (χ2n) is 7.80. The van der Waals surface area contributed by atoms with Crippen molar-refractivity contribution in [1.82, 2.24) is 4.57 Å². The molecule has 0 N–H and O–H groups in total. The molecule has 0 bridgehead atoms. The van der Waals surface area contributed by atoms with Crippen molar-refractivity contribution in [2.75, 3.05) is 13.1 Å². The molecule has 2 heteroatoms. The summed E-state index contributed by atoms with van der Waals surface area (Å²) in [6.45, 7) is 9.02. The zero-order valence-corrected chi connectivity index (χ0v) is 19.7. The molecule has 0 spiro atoms. The van der Waals surface area contributed by atoms with Gasteiger partial charge < -0.3 is 4.57 Å². The minimum atomic E-state index is -2.33. The van der Waals surface area contributed by atoms with Crippen LogP contribution >= 0.6 is 0 Å². The van der Waals surface area contributed by atoms with Gasteiger partial charge in [-0.25, -0.2) is 0 Å². The molecule has 3 aromatic rings. The number of rotatable bonds is 10. The minimum absolute atomic E-state index is 1.05. The van der Waals surface area contributed by atoms with Gasteiger partial charge in [0.25, 0.3) is 0 Å². The second-order valence-corrected chi connectivity index (χ2v) is 11.6. The first kappa shape index (κ1) is 22.3. The van der Waals surface area contributed by atoms with Gasteiger partial charge in [-0.15, -0.1) is 0 Å². The van der Waals surface area contributed by atoms with Crippen molar-refractivity contribution in [3.05, 3.63) is 102 Å². The first-order valence-corrected chi connectivity index (χ1v) is 13.3. The third-order valence-corrected chi connectivity index (χ3v) is 11.3. The van der Waals surface area contributed by atoms with Gasteiger partial charge in [-0.3, -0.25) is 0 Å². The van der Waals surface area contributed by atoms with Crippen LogP contribution < -0.4 is 10.4 Å². The van der Waals surface area contributed by atoms with Crippen molar-refractivity contribution < 1.29 is 0 Å². The Hall–Kier alpha value is -2.42. The highest BCUT2D eigenvalue weighted by Gasteiger charge is 2.45. The Morgan fingerprint density at radius 2 is 1.17 bits per heavy atom. The maximum absolute atomic E-state index is 2.77. The summed E-state index contributed by atoms with van der Waals surface area (Å²) in [5.41, 5.74) is 1.31. The average molecular weight is 414 g/mol. The van der Waals surface area contributed by atoms with Crippen LogP contribution in [0.5, 0.6) is 0 Å². The molecule has 0 heterocycles. The van der Waals surface area contributed by atoms with Crippen molar-refractivity contribution in [3.8, 4) is 0 Å². The molecule has 3 aromatic carbocycles. The molecular formula is C28H35NSi. The molecule has 0 aliphatic heterocycles. The van der Waals surface area contributed by atoms with Crippen LogP contribution in [-0.2, 0) is 0 Å². The molecule has 0 aliphatic carbocycles. The summed E-state index contributed by atoms with van der Waals surface area (Å²) in [5, 5.41) is 4.58. The summed E-state index contributed by atoms with van der Waals surface area (Å²) in [5.74, 6) is 0. The van der Waals surface area contributed by atoms with Crippen molar-refractivity contribution in [3.63, 3.8) is 0 Å². The van der Waals surface area contributed by atoms with Crippen molar-refractivity contribution >= 4 is 24.7 Å². The van der Waals surface area contributed by atoms with E-state index in [2.05, 4.69) is 122 Å². The topological polar surface area (TPSA) is 3.24 Å². The van der Waals surface area contributed by atoms with Crippen LogP contribution in [0.25, 0.3) is 6.08 Å². The van der Waals surface area contributed by atoms with Gasteiger partial charge in [-0.05, 0) is 35.4 Å². The molecule has 30 heavy (non-hydrogen) atoms. The Kier molecular flexibility index (Phi) is 8.24. The number of allylic oxidation sites excluding steroid dienone is 1. The fraction of sp³-hybridized carbons (Fsp3) is 0.286. The highest BCUT2D eigenvalue weighted by atomic mass is 28.3. The third-order valence-electron chi connectivity index (χ3n) is 6.03. The first-order valence-electron chi connectivity index (χ1n) is 11.4. The maximum atomic E-state index is 2.77. The molecule has 0 fully saturated rings. The largest absolute Gasteiger partial charge is 0.314 e. The minimum Gasteiger partial charge on any atom is -0.314 e. The Bertz CT molecular complexity index is 860. The van der Waals surface area contributed by atoms with Crippen LogP contribution in [0.1, 0.15) is 45.6 Å². The van der Waals surface area contributed by atoms with Crippen molar-refractivity contribution in [1.29, 1.82) is 0 Å². The lowest BCUT2D eigenvalue weighted by Crippen LogP contribution is -2.71. The summed E-state index contributed by atoms with van der Waals surface area (Å²) in [6.07, 6.45) is 6.06. The number of hydrogen-bond donors (Lipinski definition) is 0. The quantitative estimate of drug-likeness (QED) is 0.374. The van der Waals surface area contributed by atoms with Crippen LogP contribution in [0.15, 0.2) is 96.2 Å². The van der Waals surface area contributed by atoms with E-state index in [1.54, 1.807) is 5.20 Å². The summed E-state index contributed by atoms with van der Waals surface area (Å²) in [6, 6.07) is 33.5. The van der Waals surface area contributed by atoms with E-state index in [0.717, 1.165) is 19.5 Å². The van der Waals surface area contributed by atoms with E-state index in [4.69, 9.17) is 0 Å². The van der Waals surface area contributed by atoms with E-state index < -0.39 is 8.24 Å². The predicted molar refractivity (Wildman–Crippen MR) is 135 cm³/mol. The van der Waals surface area contributed by atoms with E-state index >= 15 is 0 Å². The van der Waals surface area contributed by atoms with Gasteiger partial charge in [0.15, 0.2) is 0 Å². The summed E-state index contributed by atoms with van der Waals surface area (Å²) >= 11 is 0. The van der Waals surface area contributed by atoms with Crippen molar-refractivity contribution in [2.45, 2.75) is 40.0 Å². The average Bonchev–Trinajstić information content (AvgIpc) is 2.82. The van der Waals surface area contributed by atoms with Crippen LogP contribution in [0.3, 0.4) is 0 Å². The normalized spacial score (nSPS) is 12.3. The Morgan fingerprint density at radius 3 is 1.60 bits per heavy atom. The summed E-state index contributed by atoms with van der Waals surface area (Å²) in [7, 11) is -2.33. The van der Waals surface area contributed by atoms with Crippen LogP contribution in [0, 0.1) is 0 Å². The zero-order valence-electron chi connectivity index (χ0n) is 18.7. The smallest absolute Gasteiger partial charge is 0.220 e. The van der Waals surface area contributed by atoms with E-state index in [1.165, 1.54) is 28.8 Å². The predicted octanol–water partition coefficient (Wildman–Crippen LogP) is 5.90. The number of hydrogen-bond acceptors (Lipinski definition) is 1. The van der Waals surface area contributed by atoms with Gasteiger partial charge in [0.2, 0.25) is 8.24 Å². The fourth-order valence-electron chi connectivity index (χ4n) is 4.64. The van der Waals surface area contributed by atoms with Gasteiger partial charge in [-0.1, -0.05) is 136 Å². The molecule has 3 rings (SSSR count). The number of unbranched alkanes of at least 4 members (excludes halogenated alkanes) is 1. The second kappa shape index (κ2) is 11.1. The van der Waals surface area contributed by atoms with Gasteiger partial charge in [0.05, 0.1) is 0 Å². The van der Waals surface area contributed by atoms with Gasteiger partial charge in [-0.2, -0.15) is 0 Å². The van der Waals surface area contributed by atoms with Crippen LogP contribution in [0.2, 0.25) is 0 Å². The van der Waals surface area contributed by atoms with E-state index in [-0.39, 0.29) is 0 Å².